The molecule has 0 unspecified atom stereocenters. The van der Waals surface area contributed by atoms with Crippen LogP contribution in [0.5, 0.6) is 17.4 Å². The lowest BCUT2D eigenvalue weighted by Gasteiger charge is -2.36. The van der Waals surface area contributed by atoms with E-state index in [2.05, 4.69) is 44.4 Å². The Kier molecular flexibility index (Phi) is 10.0. The molecule has 4 heterocycles. The Bertz CT molecular complexity index is 2030. The summed E-state index contributed by atoms with van der Waals surface area (Å²) in [6, 6.07) is 16.4. The van der Waals surface area contributed by atoms with Crippen LogP contribution in [-0.2, 0) is 6.54 Å². The number of hydrogen-bond donors (Lipinski definition) is 3. The highest BCUT2D eigenvalue weighted by molar-refractivity contribution is 6.01. The number of phenols is 1. The van der Waals surface area contributed by atoms with E-state index in [1.165, 1.54) is 0 Å². The van der Waals surface area contributed by atoms with Gasteiger partial charge < -0.3 is 20.5 Å². The van der Waals surface area contributed by atoms with Crippen LogP contribution in [0, 0.1) is 11.7 Å². The minimum absolute atomic E-state index is 0.000638. The number of nitrogens with zero attached hydrogens (tertiary/aromatic N) is 5. The van der Waals surface area contributed by atoms with E-state index in [9.17, 15) is 19.1 Å². The summed E-state index contributed by atoms with van der Waals surface area (Å²) in [5.74, 6) is -0.226. The molecule has 1 amide bonds. The number of nitrogens with one attached hydrogen (secondary N) is 2. The van der Waals surface area contributed by atoms with Crippen molar-refractivity contribution >= 4 is 17.3 Å². The summed E-state index contributed by atoms with van der Waals surface area (Å²) < 4.78 is 22.1. The number of pyridine rings is 1. The van der Waals surface area contributed by atoms with Gasteiger partial charge in [0.1, 0.15) is 22.9 Å². The van der Waals surface area contributed by atoms with Crippen molar-refractivity contribution in [2.75, 3.05) is 13.1 Å². The Morgan fingerprint density at radius 3 is 2.55 bits per heavy atom. The Morgan fingerprint density at radius 1 is 0.961 bits per heavy atom. The van der Waals surface area contributed by atoms with Crippen LogP contribution in [0.2, 0.25) is 0 Å². The summed E-state index contributed by atoms with van der Waals surface area (Å²) in [4.78, 5) is 37.3. The third-order valence-corrected chi connectivity index (χ3v) is 9.79. The number of amides is 1. The summed E-state index contributed by atoms with van der Waals surface area (Å²) in [7, 11) is 0. The van der Waals surface area contributed by atoms with Crippen LogP contribution in [0.4, 0.5) is 4.39 Å². The van der Waals surface area contributed by atoms with Crippen LogP contribution in [0.1, 0.15) is 72.2 Å². The van der Waals surface area contributed by atoms with Crippen molar-refractivity contribution in [1.82, 2.24) is 35.1 Å². The van der Waals surface area contributed by atoms with Crippen molar-refractivity contribution in [3.05, 3.63) is 102 Å². The fraction of sp³-hybridized carbons (Fsp3) is 0.359. The Hall–Kier alpha value is -5.20. The molecule has 51 heavy (non-hydrogen) atoms. The molecule has 0 spiro atoms. The molecule has 2 aliphatic rings. The molecule has 2 aromatic carbocycles. The first-order valence-corrected chi connectivity index (χ1v) is 17.5. The quantitative estimate of drug-likeness (QED) is 0.147. The largest absolute Gasteiger partial charge is 0.508 e. The van der Waals surface area contributed by atoms with E-state index in [1.54, 1.807) is 41.3 Å². The lowest BCUT2D eigenvalue weighted by molar-refractivity contribution is 0.0895. The van der Waals surface area contributed by atoms with Crippen molar-refractivity contribution in [3.8, 4) is 28.5 Å². The van der Waals surface area contributed by atoms with Gasteiger partial charge in [-0.3, -0.25) is 14.5 Å². The highest BCUT2D eigenvalue weighted by atomic mass is 19.1. The second-order valence-electron chi connectivity index (χ2n) is 13.9. The second-order valence-corrected chi connectivity index (χ2v) is 13.9. The maximum atomic E-state index is 14.4. The number of ether oxygens (including phenoxy) is 1. The summed E-state index contributed by atoms with van der Waals surface area (Å²) in [5.41, 5.74) is 3.68. The molecule has 12 heteroatoms. The number of aromatic hydroxyl groups is 1. The zero-order valence-corrected chi connectivity index (χ0v) is 28.8. The lowest BCUT2D eigenvalue weighted by Crippen LogP contribution is -2.53. The number of rotatable bonds is 10. The minimum Gasteiger partial charge on any atom is -0.508 e. The van der Waals surface area contributed by atoms with Gasteiger partial charge >= 0.3 is 0 Å². The van der Waals surface area contributed by atoms with Gasteiger partial charge in [-0.2, -0.15) is 5.10 Å². The number of phenolic OH excluding ortho intramolecular Hbond substituents is 1. The van der Waals surface area contributed by atoms with E-state index in [0.29, 0.717) is 54.9 Å². The molecular weight excluding hydrogens is 649 g/mol. The SMILES string of the molecule is C[C@@H]1CN(Cc2cc(-c3cccc(Oc4ncc(F)cc4C(=O)NC4CCC(CC(=O)c5cnn6cccnc56)CC4)c3)ccc2O)C[C@H](C)N1. The second kappa shape index (κ2) is 15.0. The molecule has 7 rings (SSSR count). The molecule has 264 valence electrons. The topological polar surface area (TPSA) is 134 Å². The predicted octanol–water partition coefficient (Wildman–Crippen LogP) is 6.17. The summed E-state index contributed by atoms with van der Waals surface area (Å²) in [5, 5.41) is 21.5. The zero-order valence-electron chi connectivity index (χ0n) is 28.8. The van der Waals surface area contributed by atoms with Crippen LogP contribution in [0.25, 0.3) is 16.8 Å². The van der Waals surface area contributed by atoms with Gasteiger partial charge in [0.25, 0.3) is 5.91 Å². The van der Waals surface area contributed by atoms with E-state index in [-0.39, 0.29) is 34.9 Å². The number of Topliss-reactive ketones (excluding diaryl/α,β-unsaturated/α-hetero) is 1. The molecule has 2 atom stereocenters. The molecule has 2 fully saturated rings. The molecular formula is C39H42FN7O4. The average Bonchev–Trinajstić information content (AvgIpc) is 3.55. The number of hydrogen-bond acceptors (Lipinski definition) is 9. The third-order valence-electron chi connectivity index (χ3n) is 9.79. The average molecular weight is 692 g/mol. The van der Waals surface area contributed by atoms with Crippen LogP contribution in [0.15, 0.2) is 79.4 Å². The summed E-state index contributed by atoms with van der Waals surface area (Å²) >= 11 is 0. The molecule has 1 saturated carbocycles. The first-order valence-electron chi connectivity index (χ1n) is 17.5. The number of aromatic nitrogens is 4. The first kappa shape index (κ1) is 34.3. The van der Waals surface area contributed by atoms with Crippen molar-refractivity contribution < 1.29 is 23.8 Å². The maximum Gasteiger partial charge on any atom is 0.257 e. The minimum atomic E-state index is -0.643. The lowest BCUT2D eigenvalue weighted by atomic mass is 9.82. The van der Waals surface area contributed by atoms with E-state index in [4.69, 9.17) is 4.74 Å². The Labute approximate surface area is 295 Å². The molecule has 1 aliphatic heterocycles. The molecule has 3 aromatic heterocycles. The monoisotopic (exact) mass is 691 g/mol. The molecule has 0 radical (unpaired) electrons. The molecule has 1 aliphatic carbocycles. The van der Waals surface area contributed by atoms with Gasteiger partial charge in [-0.05, 0) is 93.0 Å². The van der Waals surface area contributed by atoms with Gasteiger partial charge in [0.05, 0.1) is 18.0 Å². The number of benzene rings is 2. The van der Waals surface area contributed by atoms with Gasteiger partial charge in [0, 0.05) is 62.1 Å². The number of ketones is 1. The van der Waals surface area contributed by atoms with Crippen molar-refractivity contribution in [3.63, 3.8) is 0 Å². The zero-order chi connectivity index (χ0) is 35.5. The fourth-order valence-electron chi connectivity index (χ4n) is 7.39. The van der Waals surface area contributed by atoms with E-state index < -0.39 is 11.7 Å². The standard InChI is InChI=1S/C39H42FN7O4/c1-24-21-46(22-25(2)44-24)23-29-16-28(9-12-35(29)48)27-5-3-6-32(17-27)51-39-33(18-30(40)19-42-39)38(50)45-31-10-7-26(8-11-31)15-36(49)34-20-43-47-14-4-13-41-37(34)47/h3-6,9,12-14,16-20,24-26,31,44,48H,7-8,10-11,15,21-23H2,1-2H3,(H,45,50)/t24-,25+,26?,31?. The van der Waals surface area contributed by atoms with E-state index >= 15 is 0 Å². The predicted molar refractivity (Wildman–Crippen MR) is 190 cm³/mol. The van der Waals surface area contributed by atoms with Crippen LogP contribution >= 0.6 is 0 Å². The highest BCUT2D eigenvalue weighted by Gasteiger charge is 2.28. The van der Waals surface area contributed by atoms with Crippen LogP contribution in [0.3, 0.4) is 0 Å². The Morgan fingerprint density at radius 2 is 1.75 bits per heavy atom. The van der Waals surface area contributed by atoms with Gasteiger partial charge in [0.15, 0.2) is 11.4 Å². The van der Waals surface area contributed by atoms with E-state index in [1.807, 2.05) is 30.3 Å². The molecule has 1 saturated heterocycles. The first-order chi connectivity index (χ1) is 24.7. The fourth-order valence-corrected chi connectivity index (χ4v) is 7.39. The van der Waals surface area contributed by atoms with E-state index in [0.717, 1.165) is 54.9 Å². The van der Waals surface area contributed by atoms with Crippen LogP contribution < -0.4 is 15.4 Å². The smallest absolute Gasteiger partial charge is 0.257 e. The number of piperazine rings is 1. The van der Waals surface area contributed by atoms with Gasteiger partial charge in [-0.25, -0.2) is 18.9 Å². The third kappa shape index (κ3) is 8.08. The summed E-state index contributed by atoms with van der Waals surface area (Å²) in [6.45, 7) is 6.74. The molecule has 11 nitrogen and oxygen atoms in total. The maximum absolute atomic E-state index is 14.4. The van der Waals surface area contributed by atoms with Crippen molar-refractivity contribution in [2.24, 2.45) is 5.92 Å². The number of halogens is 1. The number of carbonyl (C=O) groups excluding carboxylic acids is 2. The van der Waals surface area contributed by atoms with Gasteiger partial charge in [0.2, 0.25) is 5.88 Å². The number of fused-ring (bicyclic) bond motifs is 1. The van der Waals surface area contributed by atoms with Crippen molar-refractivity contribution in [2.45, 2.75) is 70.6 Å². The summed E-state index contributed by atoms with van der Waals surface area (Å²) in [6.07, 6.45) is 9.33. The van der Waals surface area contributed by atoms with Gasteiger partial charge in [-0.1, -0.05) is 18.2 Å². The van der Waals surface area contributed by atoms with Gasteiger partial charge in [-0.15, -0.1) is 0 Å². The highest BCUT2D eigenvalue weighted by Crippen LogP contribution is 2.33. The van der Waals surface area contributed by atoms with Crippen LogP contribution in [-0.4, -0.2) is 72.5 Å². The molecule has 3 N–H and O–H groups in total. The van der Waals surface area contributed by atoms with Crippen molar-refractivity contribution in [1.29, 1.82) is 0 Å². The Balaban J connectivity index is 0.987. The number of carbonyl (C=O) groups is 2. The molecule has 0 bridgehead atoms. The molecule has 5 aromatic rings. The normalized spacial score (nSPS) is 21.0.